The van der Waals surface area contributed by atoms with Crippen LogP contribution in [0.2, 0.25) is 0 Å². The van der Waals surface area contributed by atoms with Gasteiger partial charge in [-0.05, 0) is 13.0 Å². The van der Waals surface area contributed by atoms with Crippen molar-refractivity contribution in [1.29, 1.82) is 0 Å². The van der Waals surface area contributed by atoms with Gasteiger partial charge in [-0.15, -0.1) is 5.10 Å². The minimum atomic E-state index is 0.231. The maximum Gasteiger partial charge on any atom is 0.223 e. The molecule has 0 aliphatic carbocycles. The summed E-state index contributed by atoms with van der Waals surface area (Å²) >= 11 is 0. The number of carbonyl (C=O) groups is 1. The van der Waals surface area contributed by atoms with E-state index in [2.05, 4.69) is 36.1 Å². The van der Waals surface area contributed by atoms with E-state index in [4.69, 9.17) is 0 Å². The van der Waals surface area contributed by atoms with Gasteiger partial charge >= 0.3 is 0 Å². The summed E-state index contributed by atoms with van der Waals surface area (Å²) in [6, 6.07) is 0.462. The Balaban J connectivity index is 1.86. The molecule has 0 bridgehead atoms. The first-order valence-corrected chi connectivity index (χ1v) is 7.30. The molecule has 0 spiro atoms. The van der Waals surface area contributed by atoms with Gasteiger partial charge in [0.15, 0.2) is 0 Å². The maximum absolute atomic E-state index is 12.3. The molecule has 0 aromatic carbocycles. The Bertz CT molecular complexity index is 456. The summed E-state index contributed by atoms with van der Waals surface area (Å²) in [6.45, 7) is 7.07. The third-order valence-corrected chi connectivity index (χ3v) is 4.06. The SMILES string of the molecule is CC(C)[C@H]1CN(C(=O)CCc2cn(C)nn2)CCN1C. The fourth-order valence-electron chi connectivity index (χ4n) is 2.75. The number of aromatic nitrogens is 3. The van der Waals surface area contributed by atoms with Gasteiger partial charge in [-0.2, -0.15) is 0 Å². The number of hydrogen-bond donors (Lipinski definition) is 0. The highest BCUT2D eigenvalue weighted by atomic mass is 16.2. The van der Waals surface area contributed by atoms with Crippen molar-refractivity contribution in [2.24, 2.45) is 13.0 Å². The molecule has 1 amide bonds. The summed E-state index contributed by atoms with van der Waals surface area (Å²) in [7, 11) is 3.98. The second-order valence-corrected chi connectivity index (χ2v) is 6.02. The summed E-state index contributed by atoms with van der Waals surface area (Å²) in [6.07, 6.45) is 3.06. The predicted octanol–water partition coefficient (Wildman–Crippen LogP) is 0.546. The number of rotatable bonds is 4. The van der Waals surface area contributed by atoms with Crippen LogP contribution < -0.4 is 0 Å². The van der Waals surface area contributed by atoms with Gasteiger partial charge in [0.25, 0.3) is 0 Å². The van der Waals surface area contributed by atoms with Crippen molar-refractivity contribution >= 4 is 5.91 Å². The lowest BCUT2D eigenvalue weighted by Gasteiger charge is -2.41. The van der Waals surface area contributed by atoms with E-state index in [1.165, 1.54) is 0 Å². The van der Waals surface area contributed by atoms with Crippen LogP contribution >= 0.6 is 0 Å². The summed E-state index contributed by atoms with van der Waals surface area (Å²) < 4.78 is 1.67. The molecule has 1 aliphatic heterocycles. The normalized spacial score (nSPS) is 20.6. The summed E-state index contributed by atoms with van der Waals surface area (Å²) in [5.41, 5.74) is 0.885. The molecule has 0 unspecified atom stereocenters. The number of amides is 1. The van der Waals surface area contributed by atoms with Crippen LogP contribution in [-0.2, 0) is 18.3 Å². The molecule has 1 aromatic heterocycles. The monoisotopic (exact) mass is 279 g/mol. The van der Waals surface area contributed by atoms with Crippen LogP contribution in [0.5, 0.6) is 0 Å². The lowest BCUT2D eigenvalue weighted by Crippen LogP contribution is -2.55. The van der Waals surface area contributed by atoms with Crippen molar-refractivity contribution in [2.75, 3.05) is 26.7 Å². The van der Waals surface area contributed by atoms with E-state index in [0.717, 1.165) is 25.3 Å². The third kappa shape index (κ3) is 3.56. The van der Waals surface area contributed by atoms with Crippen molar-refractivity contribution in [3.05, 3.63) is 11.9 Å². The Kier molecular flexibility index (Phi) is 4.75. The van der Waals surface area contributed by atoms with Gasteiger partial charge in [-0.3, -0.25) is 14.4 Å². The number of carbonyl (C=O) groups excluding carboxylic acids is 1. The molecule has 2 rings (SSSR count). The summed E-state index contributed by atoms with van der Waals surface area (Å²) in [5, 5.41) is 7.91. The molecule has 0 radical (unpaired) electrons. The van der Waals surface area contributed by atoms with Gasteiger partial charge in [0, 0.05) is 51.8 Å². The van der Waals surface area contributed by atoms with Crippen LogP contribution in [0.4, 0.5) is 0 Å². The highest BCUT2D eigenvalue weighted by Crippen LogP contribution is 2.16. The molecular formula is C14H25N5O. The molecular weight excluding hydrogens is 254 g/mol. The second-order valence-electron chi connectivity index (χ2n) is 6.02. The number of hydrogen-bond acceptors (Lipinski definition) is 4. The standard InChI is InChI=1S/C14H25N5O/c1-11(2)13-10-19(8-7-17(13)3)14(20)6-5-12-9-18(4)16-15-12/h9,11,13H,5-8,10H2,1-4H3/t13-/m1/s1. The molecule has 0 N–H and O–H groups in total. The molecule has 1 saturated heterocycles. The van der Waals surface area contributed by atoms with E-state index in [0.29, 0.717) is 24.8 Å². The first kappa shape index (κ1) is 15.0. The van der Waals surface area contributed by atoms with Crippen molar-refractivity contribution in [1.82, 2.24) is 24.8 Å². The smallest absolute Gasteiger partial charge is 0.223 e. The minimum absolute atomic E-state index is 0.231. The van der Waals surface area contributed by atoms with E-state index >= 15 is 0 Å². The summed E-state index contributed by atoms with van der Waals surface area (Å²) in [5.74, 6) is 0.796. The van der Waals surface area contributed by atoms with Gasteiger partial charge in [0.1, 0.15) is 0 Å². The lowest BCUT2D eigenvalue weighted by atomic mass is 10.00. The number of aryl methyl sites for hydroxylation is 2. The topological polar surface area (TPSA) is 54.3 Å². The quantitative estimate of drug-likeness (QED) is 0.807. The van der Waals surface area contributed by atoms with E-state index in [1.807, 2.05) is 18.1 Å². The predicted molar refractivity (Wildman–Crippen MR) is 77.2 cm³/mol. The summed E-state index contributed by atoms with van der Waals surface area (Å²) in [4.78, 5) is 16.7. The van der Waals surface area contributed by atoms with Crippen LogP contribution in [-0.4, -0.2) is 63.4 Å². The molecule has 1 atom stereocenters. The van der Waals surface area contributed by atoms with Crippen LogP contribution in [0.15, 0.2) is 6.20 Å². The van der Waals surface area contributed by atoms with Crippen molar-refractivity contribution in [2.45, 2.75) is 32.7 Å². The fourth-order valence-corrected chi connectivity index (χ4v) is 2.75. The van der Waals surface area contributed by atoms with E-state index in [9.17, 15) is 4.79 Å². The molecule has 6 heteroatoms. The van der Waals surface area contributed by atoms with Crippen molar-refractivity contribution in [3.63, 3.8) is 0 Å². The minimum Gasteiger partial charge on any atom is -0.340 e. The van der Waals surface area contributed by atoms with Crippen molar-refractivity contribution < 1.29 is 4.79 Å². The Hall–Kier alpha value is -1.43. The molecule has 1 aliphatic rings. The van der Waals surface area contributed by atoms with Crippen LogP contribution in [0.3, 0.4) is 0 Å². The highest BCUT2D eigenvalue weighted by Gasteiger charge is 2.28. The van der Waals surface area contributed by atoms with Gasteiger partial charge in [-0.25, -0.2) is 0 Å². The molecule has 20 heavy (non-hydrogen) atoms. The number of nitrogens with zero attached hydrogens (tertiary/aromatic N) is 5. The zero-order chi connectivity index (χ0) is 14.7. The maximum atomic E-state index is 12.3. The average Bonchev–Trinajstić information content (AvgIpc) is 2.82. The Labute approximate surface area is 120 Å². The fraction of sp³-hybridized carbons (Fsp3) is 0.786. The molecule has 2 heterocycles. The Morgan fingerprint density at radius 1 is 1.40 bits per heavy atom. The zero-order valence-corrected chi connectivity index (χ0v) is 12.9. The lowest BCUT2D eigenvalue weighted by molar-refractivity contribution is -0.134. The molecule has 6 nitrogen and oxygen atoms in total. The van der Waals surface area contributed by atoms with Crippen LogP contribution in [0, 0.1) is 5.92 Å². The van der Waals surface area contributed by atoms with E-state index in [1.54, 1.807) is 4.68 Å². The first-order chi connectivity index (χ1) is 9.47. The number of piperazine rings is 1. The highest BCUT2D eigenvalue weighted by molar-refractivity contribution is 5.76. The number of likely N-dealkylation sites (N-methyl/N-ethyl adjacent to an activating group) is 1. The molecule has 112 valence electrons. The van der Waals surface area contributed by atoms with Crippen LogP contribution in [0.1, 0.15) is 26.0 Å². The van der Waals surface area contributed by atoms with Gasteiger partial charge in [0.2, 0.25) is 5.91 Å². The molecule has 1 aromatic rings. The van der Waals surface area contributed by atoms with Gasteiger partial charge < -0.3 is 4.90 Å². The Morgan fingerprint density at radius 2 is 2.15 bits per heavy atom. The van der Waals surface area contributed by atoms with Crippen molar-refractivity contribution in [3.8, 4) is 0 Å². The zero-order valence-electron chi connectivity index (χ0n) is 12.9. The largest absolute Gasteiger partial charge is 0.340 e. The Morgan fingerprint density at radius 3 is 2.75 bits per heavy atom. The van der Waals surface area contributed by atoms with E-state index < -0.39 is 0 Å². The second kappa shape index (κ2) is 6.35. The van der Waals surface area contributed by atoms with E-state index in [-0.39, 0.29) is 5.91 Å². The average molecular weight is 279 g/mol. The first-order valence-electron chi connectivity index (χ1n) is 7.30. The molecule has 0 saturated carbocycles. The van der Waals surface area contributed by atoms with Gasteiger partial charge in [-0.1, -0.05) is 19.1 Å². The third-order valence-electron chi connectivity index (χ3n) is 4.06. The van der Waals surface area contributed by atoms with Gasteiger partial charge in [0.05, 0.1) is 5.69 Å². The van der Waals surface area contributed by atoms with Crippen LogP contribution in [0.25, 0.3) is 0 Å². The molecule has 1 fully saturated rings.